The van der Waals surface area contributed by atoms with Crippen LogP contribution in [0.2, 0.25) is 0 Å². The van der Waals surface area contributed by atoms with Gasteiger partial charge in [-0.1, -0.05) is 0 Å². The van der Waals surface area contributed by atoms with E-state index in [0.717, 1.165) is 32.2 Å². The van der Waals surface area contributed by atoms with Crippen LogP contribution in [0.25, 0.3) is 0 Å². The molecule has 0 amide bonds. The molecule has 3 heteroatoms. The molecule has 0 atom stereocenters. The maximum atomic E-state index is 11.1. The molecule has 3 nitrogen and oxygen atoms in total. The van der Waals surface area contributed by atoms with Gasteiger partial charge in [0.05, 0.1) is 0 Å². The quantitative estimate of drug-likeness (QED) is 0.642. The van der Waals surface area contributed by atoms with E-state index in [4.69, 9.17) is 10.8 Å². The number of ketones is 1. The molecule has 0 spiro atoms. The van der Waals surface area contributed by atoms with Crippen LogP contribution >= 0.6 is 0 Å². The van der Waals surface area contributed by atoms with Gasteiger partial charge in [0.15, 0.2) is 5.78 Å². The van der Waals surface area contributed by atoms with E-state index in [9.17, 15) is 4.79 Å². The minimum absolute atomic E-state index is 0.00507. The first kappa shape index (κ1) is 9.68. The molecule has 12 heavy (non-hydrogen) atoms. The third kappa shape index (κ3) is 2.29. The van der Waals surface area contributed by atoms with Crippen molar-refractivity contribution in [1.82, 2.24) is 0 Å². The van der Waals surface area contributed by atoms with Crippen LogP contribution in [0.3, 0.4) is 0 Å². The third-order valence-electron chi connectivity index (χ3n) is 2.79. The second-order valence-corrected chi connectivity index (χ2v) is 3.58. The Morgan fingerprint density at radius 3 is 2.33 bits per heavy atom. The monoisotopic (exact) mass is 171 g/mol. The van der Waals surface area contributed by atoms with Gasteiger partial charge in [-0.25, -0.2) is 0 Å². The minimum Gasteiger partial charge on any atom is -0.389 e. The highest BCUT2D eigenvalue weighted by Gasteiger charge is 2.24. The molecule has 0 aromatic rings. The van der Waals surface area contributed by atoms with Crippen LogP contribution in [0.5, 0.6) is 0 Å². The number of carbonyl (C=O) groups excluding carboxylic acids is 1. The van der Waals surface area contributed by atoms with E-state index in [1.54, 1.807) is 0 Å². The smallest absolute Gasteiger partial charge is 0.161 e. The van der Waals surface area contributed by atoms with E-state index < -0.39 is 0 Å². The summed E-state index contributed by atoms with van der Waals surface area (Å²) in [5.74, 6) is 0.719. The van der Waals surface area contributed by atoms with Gasteiger partial charge < -0.3 is 10.8 Å². The van der Waals surface area contributed by atoms with E-state index in [2.05, 4.69) is 0 Å². The molecule has 0 saturated heterocycles. The van der Waals surface area contributed by atoms with Gasteiger partial charge in [0, 0.05) is 5.92 Å². The van der Waals surface area contributed by atoms with Crippen LogP contribution in [0, 0.1) is 11.8 Å². The van der Waals surface area contributed by atoms with E-state index in [1.165, 1.54) is 0 Å². The Morgan fingerprint density at radius 1 is 1.33 bits per heavy atom. The molecule has 0 aromatic heterocycles. The predicted molar refractivity (Wildman–Crippen MR) is 46.6 cm³/mol. The zero-order valence-electron chi connectivity index (χ0n) is 7.33. The van der Waals surface area contributed by atoms with Crippen molar-refractivity contribution in [3.8, 4) is 0 Å². The molecule has 0 aromatic carbocycles. The second-order valence-electron chi connectivity index (χ2n) is 3.58. The summed E-state index contributed by atoms with van der Waals surface area (Å²) in [5, 5.41) is 8.64. The lowest BCUT2D eigenvalue weighted by atomic mass is 9.80. The molecular weight excluding hydrogens is 154 g/mol. The van der Waals surface area contributed by atoms with Gasteiger partial charge in [-0.15, -0.1) is 0 Å². The molecule has 1 fully saturated rings. The Hall–Kier alpha value is -0.410. The molecule has 0 aliphatic heterocycles. The first-order valence-corrected chi connectivity index (χ1v) is 4.61. The maximum Gasteiger partial charge on any atom is 0.161 e. The molecule has 1 rings (SSSR count). The average molecular weight is 171 g/mol. The molecular formula is C9H17NO2. The lowest BCUT2D eigenvalue weighted by molar-refractivity contribution is -0.126. The third-order valence-corrected chi connectivity index (χ3v) is 2.79. The van der Waals surface area contributed by atoms with Crippen LogP contribution in [-0.2, 0) is 4.79 Å². The summed E-state index contributed by atoms with van der Waals surface area (Å²) in [4.78, 5) is 11.1. The lowest BCUT2D eigenvalue weighted by Crippen LogP contribution is -2.27. The predicted octanol–water partition coefficient (Wildman–Crippen LogP) is 0.313. The standard InChI is InChI=1S/C9H17NO2/c10-5-7-1-3-8(4-2-7)9(12)6-11/h7-8,11H,1-6,10H2/t7-,8-. The summed E-state index contributed by atoms with van der Waals surface area (Å²) in [6, 6.07) is 0. The van der Waals surface area contributed by atoms with Crippen molar-refractivity contribution in [1.29, 1.82) is 0 Å². The van der Waals surface area contributed by atoms with Gasteiger partial charge in [-0.2, -0.15) is 0 Å². The van der Waals surface area contributed by atoms with Gasteiger partial charge in [0.2, 0.25) is 0 Å². The highest BCUT2D eigenvalue weighted by atomic mass is 16.3. The fourth-order valence-corrected chi connectivity index (χ4v) is 1.85. The zero-order valence-corrected chi connectivity index (χ0v) is 7.33. The highest BCUT2D eigenvalue weighted by molar-refractivity contribution is 5.81. The van der Waals surface area contributed by atoms with Gasteiger partial charge in [0.1, 0.15) is 6.61 Å². The van der Waals surface area contributed by atoms with Gasteiger partial charge in [-0.05, 0) is 38.1 Å². The van der Waals surface area contributed by atoms with E-state index in [1.807, 2.05) is 0 Å². The van der Waals surface area contributed by atoms with Crippen molar-refractivity contribution in [2.24, 2.45) is 17.6 Å². The van der Waals surface area contributed by atoms with Gasteiger partial charge >= 0.3 is 0 Å². The van der Waals surface area contributed by atoms with Crippen molar-refractivity contribution in [3.05, 3.63) is 0 Å². The van der Waals surface area contributed by atoms with E-state index in [0.29, 0.717) is 5.92 Å². The van der Waals surface area contributed by atoms with Crippen molar-refractivity contribution in [2.75, 3.05) is 13.2 Å². The Balaban J connectivity index is 2.30. The number of hydrogen-bond donors (Lipinski definition) is 2. The molecule has 70 valence electrons. The van der Waals surface area contributed by atoms with Crippen molar-refractivity contribution >= 4 is 5.78 Å². The lowest BCUT2D eigenvalue weighted by Gasteiger charge is -2.25. The SMILES string of the molecule is NC[C@H]1CC[C@H](C(=O)CO)CC1. The van der Waals surface area contributed by atoms with Crippen LogP contribution in [0.15, 0.2) is 0 Å². The average Bonchev–Trinajstić information content (AvgIpc) is 2.17. The van der Waals surface area contributed by atoms with Gasteiger partial charge in [0.25, 0.3) is 0 Å². The second kappa shape index (κ2) is 4.58. The summed E-state index contributed by atoms with van der Waals surface area (Å²) in [7, 11) is 0. The fourth-order valence-electron chi connectivity index (χ4n) is 1.85. The molecule has 1 saturated carbocycles. The summed E-state index contributed by atoms with van der Waals surface area (Å²) in [6.45, 7) is 0.442. The number of Topliss-reactive ketones (excluding diaryl/α,β-unsaturated/α-hetero) is 1. The number of nitrogens with two attached hydrogens (primary N) is 1. The summed E-state index contributed by atoms with van der Waals surface area (Å²) in [5.41, 5.74) is 5.52. The first-order valence-electron chi connectivity index (χ1n) is 4.61. The largest absolute Gasteiger partial charge is 0.389 e. The molecule has 1 aliphatic rings. The summed E-state index contributed by atoms with van der Waals surface area (Å²) in [6.07, 6.45) is 3.93. The molecule has 0 bridgehead atoms. The van der Waals surface area contributed by atoms with Gasteiger partial charge in [-0.3, -0.25) is 4.79 Å². The normalized spacial score (nSPS) is 30.2. The molecule has 1 aliphatic carbocycles. The van der Waals surface area contributed by atoms with Crippen LogP contribution < -0.4 is 5.73 Å². The number of aliphatic hydroxyl groups is 1. The van der Waals surface area contributed by atoms with Crippen LogP contribution in [0.4, 0.5) is 0 Å². The zero-order chi connectivity index (χ0) is 8.97. The molecule has 0 heterocycles. The topological polar surface area (TPSA) is 63.3 Å². The number of hydrogen-bond acceptors (Lipinski definition) is 3. The number of aliphatic hydroxyl groups excluding tert-OH is 1. The van der Waals surface area contributed by atoms with Crippen LogP contribution in [0.1, 0.15) is 25.7 Å². The van der Waals surface area contributed by atoms with Crippen molar-refractivity contribution < 1.29 is 9.90 Å². The number of carbonyl (C=O) groups is 1. The van der Waals surface area contributed by atoms with E-state index >= 15 is 0 Å². The number of rotatable bonds is 3. The maximum absolute atomic E-state index is 11.1. The highest BCUT2D eigenvalue weighted by Crippen LogP contribution is 2.28. The molecule has 0 radical (unpaired) electrons. The first-order chi connectivity index (χ1) is 5.77. The summed E-state index contributed by atoms with van der Waals surface area (Å²) >= 11 is 0. The molecule has 0 unspecified atom stereocenters. The van der Waals surface area contributed by atoms with Crippen LogP contribution in [-0.4, -0.2) is 24.0 Å². The van der Waals surface area contributed by atoms with Crippen molar-refractivity contribution in [3.63, 3.8) is 0 Å². The minimum atomic E-state index is -0.294. The van der Waals surface area contributed by atoms with Crippen molar-refractivity contribution in [2.45, 2.75) is 25.7 Å². The summed E-state index contributed by atoms with van der Waals surface area (Å²) < 4.78 is 0. The Labute approximate surface area is 72.9 Å². The molecule has 3 N–H and O–H groups in total. The fraction of sp³-hybridized carbons (Fsp3) is 0.889. The van der Waals surface area contributed by atoms with E-state index in [-0.39, 0.29) is 18.3 Å². The Bertz CT molecular complexity index is 151. The Morgan fingerprint density at radius 2 is 1.92 bits per heavy atom. The Kier molecular flexibility index (Phi) is 3.69.